The molecule has 12 heteroatoms. The Balaban J connectivity index is 1.43. The highest BCUT2D eigenvalue weighted by Crippen LogP contribution is 2.28. The minimum absolute atomic E-state index is 0.0204. The molecule has 1 unspecified atom stereocenters. The normalized spacial score (nSPS) is 14.7. The predicted molar refractivity (Wildman–Crippen MR) is 150 cm³/mol. The van der Waals surface area contributed by atoms with Crippen molar-refractivity contribution in [3.05, 3.63) is 106 Å². The van der Waals surface area contributed by atoms with Gasteiger partial charge in [-0.05, 0) is 42.0 Å². The van der Waals surface area contributed by atoms with E-state index in [1.807, 2.05) is 6.07 Å². The molecule has 1 aliphatic rings. The minimum Gasteiger partial charge on any atom is -0.497 e. The SMILES string of the molecule is COc1ccnc(NC(=O)c2ccc(CN3C(=O)c4ncc(Cl)cc4NC(=O)C3Cc3ccccn3)cc2Cl)c1. The number of benzene rings is 1. The van der Waals surface area contributed by atoms with Gasteiger partial charge in [-0.25, -0.2) is 9.97 Å². The van der Waals surface area contributed by atoms with E-state index in [4.69, 9.17) is 27.9 Å². The molecule has 202 valence electrons. The second kappa shape index (κ2) is 11.7. The number of nitrogens with one attached hydrogen (secondary N) is 2. The summed E-state index contributed by atoms with van der Waals surface area (Å²) in [5.41, 5.74) is 1.74. The molecule has 40 heavy (non-hydrogen) atoms. The maximum Gasteiger partial charge on any atom is 0.275 e. The molecule has 2 N–H and O–H groups in total. The molecule has 3 aromatic heterocycles. The monoisotopic (exact) mass is 576 g/mol. The van der Waals surface area contributed by atoms with E-state index in [9.17, 15) is 14.4 Å². The number of hydrogen-bond acceptors (Lipinski definition) is 7. The minimum atomic E-state index is -0.906. The Labute approximate surface area is 239 Å². The first kappa shape index (κ1) is 27.0. The molecule has 5 rings (SSSR count). The van der Waals surface area contributed by atoms with Crippen molar-refractivity contribution in [1.82, 2.24) is 19.9 Å². The van der Waals surface area contributed by atoms with Crippen molar-refractivity contribution >= 4 is 52.4 Å². The zero-order valence-corrected chi connectivity index (χ0v) is 22.6. The topological polar surface area (TPSA) is 126 Å². The average molecular weight is 577 g/mol. The Morgan fingerprint density at radius 2 is 1.90 bits per heavy atom. The lowest BCUT2D eigenvalue weighted by Crippen LogP contribution is -2.46. The van der Waals surface area contributed by atoms with Gasteiger partial charge in [0.1, 0.15) is 17.6 Å². The van der Waals surface area contributed by atoms with E-state index in [0.717, 1.165) is 0 Å². The number of methoxy groups -OCH3 is 1. The summed E-state index contributed by atoms with van der Waals surface area (Å²) >= 11 is 12.6. The van der Waals surface area contributed by atoms with Gasteiger partial charge < -0.3 is 20.3 Å². The first-order valence-electron chi connectivity index (χ1n) is 12.1. The number of aromatic nitrogens is 3. The third kappa shape index (κ3) is 5.88. The summed E-state index contributed by atoms with van der Waals surface area (Å²) in [6, 6.07) is 14.0. The van der Waals surface area contributed by atoms with Gasteiger partial charge in [0, 0.05) is 43.3 Å². The van der Waals surface area contributed by atoms with Crippen LogP contribution >= 0.6 is 23.2 Å². The van der Waals surface area contributed by atoms with Crippen molar-refractivity contribution in [3.63, 3.8) is 0 Å². The Morgan fingerprint density at radius 1 is 1.05 bits per heavy atom. The van der Waals surface area contributed by atoms with Gasteiger partial charge in [0.05, 0.1) is 28.4 Å². The summed E-state index contributed by atoms with van der Waals surface area (Å²) in [5, 5.41) is 5.91. The largest absolute Gasteiger partial charge is 0.497 e. The first-order valence-corrected chi connectivity index (χ1v) is 12.8. The van der Waals surface area contributed by atoms with Crippen LogP contribution in [0.2, 0.25) is 10.0 Å². The summed E-state index contributed by atoms with van der Waals surface area (Å²) in [5.74, 6) is -0.501. The van der Waals surface area contributed by atoms with Crippen LogP contribution in [-0.2, 0) is 17.8 Å². The van der Waals surface area contributed by atoms with Crippen LogP contribution in [-0.4, -0.2) is 50.7 Å². The van der Waals surface area contributed by atoms with Crippen molar-refractivity contribution in [2.24, 2.45) is 0 Å². The zero-order valence-electron chi connectivity index (χ0n) is 21.1. The molecule has 4 heterocycles. The molecule has 0 saturated carbocycles. The summed E-state index contributed by atoms with van der Waals surface area (Å²) in [6.45, 7) is 0.0204. The maximum absolute atomic E-state index is 13.7. The lowest BCUT2D eigenvalue weighted by atomic mass is 10.1. The molecule has 3 amide bonds. The lowest BCUT2D eigenvalue weighted by molar-refractivity contribution is -0.120. The zero-order chi connectivity index (χ0) is 28.2. The first-order chi connectivity index (χ1) is 19.3. The van der Waals surface area contributed by atoms with Crippen LogP contribution in [0.15, 0.2) is 73.2 Å². The quantitative estimate of drug-likeness (QED) is 0.328. The number of hydrogen-bond donors (Lipinski definition) is 2. The molecule has 0 fully saturated rings. The summed E-state index contributed by atoms with van der Waals surface area (Å²) in [6.07, 6.45) is 4.65. The van der Waals surface area contributed by atoms with Crippen LogP contribution in [0.3, 0.4) is 0 Å². The number of ether oxygens (including phenoxy) is 1. The fourth-order valence-corrected chi connectivity index (χ4v) is 4.72. The highest BCUT2D eigenvalue weighted by Gasteiger charge is 2.37. The van der Waals surface area contributed by atoms with Crippen molar-refractivity contribution in [1.29, 1.82) is 0 Å². The molecule has 1 aliphatic heterocycles. The van der Waals surface area contributed by atoms with Crippen LogP contribution in [0.25, 0.3) is 0 Å². The number of halogens is 2. The fraction of sp³-hybridized carbons (Fsp3) is 0.143. The molecular formula is C28H22Cl2N6O4. The van der Waals surface area contributed by atoms with Gasteiger partial charge in [0.2, 0.25) is 5.91 Å². The summed E-state index contributed by atoms with van der Waals surface area (Å²) in [7, 11) is 1.51. The number of fused-ring (bicyclic) bond motifs is 1. The number of nitrogens with zero attached hydrogens (tertiary/aromatic N) is 4. The van der Waals surface area contributed by atoms with Crippen LogP contribution in [0.5, 0.6) is 5.75 Å². The second-order valence-electron chi connectivity index (χ2n) is 8.86. The standard InChI is InChI=1S/C28H22Cl2N6O4/c1-40-19-7-9-32-24(13-19)35-26(37)20-6-5-16(10-21(20)30)15-36-23(12-18-4-2-3-8-31-18)27(38)34-22-11-17(29)14-33-25(22)28(36)39/h2-11,13-14,23H,12,15H2,1H3,(H,34,38)(H,32,35,37). The third-order valence-electron chi connectivity index (χ3n) is 6.22. The smallest absolute Gasteiger partial charge is 0.275 e. The van der Waals surface area contributed by atoms with E-state index in [1.165, 1.54) is 30.5 Å². The van der Waals surface area contributed by atoms with E-state index in [1.54, 1.807) is 48.7 Å². The van der Waals surface area contributed by atoms with Crippen LogP contribution in [0.4, 0.5) is 11.5 Å². The molecule has 0 aliphatic carbocycles. The van der Waals surface area contributed by atoms with Gasteiger partial charge in [-0.15, -0.1) is 0 Å². The van der Waals surface area contributed by atoms with E-state index >= 15 is 0 Å². The van der Waals surface area contributed by atoms with Crippen molar-refractivity contribution in [2.75, 3.05) is 17.7 Å². The van der Waals surface area contributed by atoms with Gasteiger partial charge in [0.15, 0.2) is 5.69 Å². The molecule has 4 aromatic rings. The Bertz CT molecular complexity index is 1600. The number of pyridine rings is 3. The second-order valence-corrected chi connectivity index (χ2v) is 9.71. The molecule has 0 bridgehead atoms. The lowest BCUT2D eigenvalue weighted by Gasteiger charge is -2.28. The molecule has 0 radical (unpaired) electrons. The van der Waals surface area contributed by atoms with Crippen LogP contribution < -0.4 is 15.4 Å². The predicted octanol–water partition coefficient (Wildman–Crippen LogP) is 4.65. The molecule has 0 saturated heterocycles. The van der Waals surface area contributed by atoms with Crippen LogP contribution in [0.1, 0.15) is 32.1 Å². The van der Waals surface area contributed by atoms with Gasteiger partial charge in [0.25, 0.3) is 11.8 Å². The third-order valence-corrected chi connectivity index (χ3v) is 6.74. The molecule has 10 nitrogen and oxygen atoms in total. The number of carbonyl (C=O) groups is 3. The molecule has 0 spiro atoms. The average Bonchev–Trinajstić information content (AvgIpc) is 3.03. The highest BCUT2D eigenvalue weighted by atomic mass is 35.5. The van der Waals surface area contributed by atoms with E-state index in [2.05, 4.69) is 25.6 Å². The van der Waals surface area contributed by atoms with Crippen LogP contribution in [0, 0.1) is 0 Å². The molecule has 1 aromatic carbocycles. The Hall–Kier alpha value is -4.54. The Kier molecular flexibility index (Phi) is 7.90. The highest BCUT2D eigenvalue weighted by molar-refractivity contribution is 6.34. The number of anilines is 2. The maximum atomic E-state index is 13.7. The Morgan fingerprint density at radius 3 is 2.65 bits per heavy atom. The number of amides is 3. The van der Waals surface area contributed by atoms with Gasteiger partial charge >= 0.3 is 0 Å². The fourth-order valence-electron chi connectivity index (χ4n) is 4.27. The number of carbonyl (C=O) groups excluding carboxylic acids is 3. The summed E-state index contributed by atoms with van der Waals surface area (Å²) in [4.78, 5) is 54.0. The molecule has 1 atom stereocenters. The van der Waals surface area contributed by atoms with E-state index in [0.29, 0.717) is 22.8 Å². The van der Waals surface area contributed by atoms with Crippen molar-refractivity contribution < 1.29 is 19.1 Å². The van der Waals surface area contributed by atoms with Gasteiger partial charge in [-0.3, -0.25) is 19.4 Å². The van der Waals surface area contributed by atoms with E-state index < -0.39 is 23.8 Å². The van der Waals surface area contributed by atoms with Crippen molar-refractivity contribution in [3.8, 4) is 5.75 Å². The number of rotatable bonds is 7. The van der Waals surface area contributed by atoms with Gasteiger partial charge in [-0.1, -0.05) is 35.3 Å². The summed E-state index contributed by atoms with van der Waals surface area (Å²) < 4.78 is 5.16. The van der Waals surface area contributed by atoms with Crippen molar-refractivity contribution in [2.45, 2.75) is 19.0 Å². The van der Waals surface area contributed by atoms with Gasteiger partial charge in [-0.2, -0.15) is 0 Å². The molecular weight excluding hydrogens is 555 g/mol. The van der Waals surface area contributed by atoms with E-state index in [-0.39, 0.29) is 40.0 Å².